The van der Waals surface area contributed by atoms with Crippen LogP contribution in [0.5, 0.6) is 0 Å². The first-order chi connectivity index (χ1) is 5.49. The second kappa shape index (κ2) is 3.05. The van der Waals surface area contributed by atoms with Crippen LogP contribution < -0.4 is 0 Å². The molecule has 0 bridgehead atoms. The Bertz CT molecular complexity index is 283. The number of amides is 1. The van der Waals surface area contributed by atoms with Gasteiger partial charge >= 0.3 is 0 Å². The number of sulfonamides is 1. The zero-order valence-corrected chi connectivity index (χ0v) is 8.10. The Hall–Kier alpha value is -0.580. The quantitative estimate of drug-likeness (QED) is 0.626. The maximum Gasteiger partial charge on any atom is 0.239 e. The zero-order chi connectivity index (χ0) is 9.35. The van der Waals surface area contributed by atoms with Gasteiger partial charge in [-0.25, -0.2) is 12.7 Å². The van der Waals surface area contributed by atoms with Crippen LogP contribution in [0.2, 0.25) is 0 Å². The number of hydrogen-bond acceptors (Lipinski definition) is 3. The zero-order valence-electron chi connectivity index (χ0n) is 7.28. The van der Waals surface area contributed by atoms with E-state index < -0.39 is 10.0 Å². The topological polar surface area (TPSA) is 54.5 Å². The van der Waals surface area contributed by atoms with Gasteiger partial charge in [0.05, 0.1) is 12.3 Å². The highest BCUT2D eigenvalue weighted by molar-refractivity contribution is 7.90. The van der Waals surface area contributed by atoms with Gasteiger partial charge in [0.1, 0.15) is 0 Å². The van der Waals surface area contributed by atoms with Crippen LogP contribution in [0.3, 0.4) is 0 Å². The summed E-state index contributed by atoms with van der Waals surface area (Å²) < 4.78 is 22.9. The van der Waals surface area contributed by atoms with Crippen LogP contribution in [-0.4, -0.2) is 30.9 Å². The summed E-state index contributed by atoms with van der Waals surface area (Å²) in [5.74, 6) is -0.321. The van der Waals surface area contributed by atoms with Crippen molar-refractivity contribution in [3.8, 4) is 0 Å². The van der Waals surface area contributed by atoms with E-state index in [4.69, 9.17) is 0 Å². The summed E-state index contributed by atoms with van der Waals surface area (Å²) in [7, 11) is -3.19. The molecule has 1 amide bonds. The average molecular weight is 191 g/mol. The van der Waals surface area contributed by atoms with Gasteiger partial charge in [0.25, 0.3) is 0 Å². The summed E-state index contributed by atoms with van der Waals surface area (Å²) in [6, 6.07) is 0. The third-order valence-electron chi connectivity index (χ3n) is 2.17. The Morgan fingerprint density at radius 2 is 2.17 bits per heavy atom. The fourth-order valence-electron chi connectivity index (χ4n) is 0.999. The molecule has 1 rings (SSSR count). The van der Waals surface area contributed by atoms with Gasteiger partial charge in [0, 0.05) is 5.92 Å². The molecule has 1 fully saturated rings. The lowest BCUT2D eigenvalue weighted by molar-refractivity contribution is -0.130. The molecule has 1 aliphatic heterocycles. The predicted molar refractivity (Wildman–Crippen MR) is 45.0 cm³/mol. The van der Waals surface area contributed by atoms with E-state index in [1.54, 1.807) is 6.92 Å². The first-order valence-electron chi connectivity index (χ1n) is 4.03. The average Bonchev–Trinajstić information content (AvgIpc) is 2.01. The molecule has 1 atom stereocenters. The fraction of sp³-hybridized carbons (Fsp3) is 0.857. The normalized spacial score (nSPS) is 23.0. The van der Waals surface area contributed by atoms with Gasteiger partial charge in [0.2, 0.25) is 15.9 Å². The highest BCUT2D eigenvalue weighted by Gasteiger charge is 2.37. The Labute approximate surface area is 72.6 Å². The minimum Gasteiger partial charge on any atom is -0.274 e. The second-order valence-corrected chi connectivity index (χ2v) is 5.05. The Morgan fingerprint density at radius 3 is 2.42 bits per heavy atom. The number of hydrogen-bond donors (Lipinski definition) is 0. The van der Waals surface area contributed by atoms with Gasteiger partial charge in [-0.05, 0) is 6.42 Å². The molecule has 0 saturated carbocycles. The lowest BCUT2D eigenvalue weighted by Crippen LogP contribution is -2.52. The monoisotopic (exact) mass is 191 g/mol. The number of rotatable bonds is 2. The van der Waals surface area contributed by atoms with Crippen molar-refractivity contribution in [3.63, 3.8) is 0 Å². The standard InChI is InChI=1S/C7H13NO3S/c1-3-6(2)7(9)8-4-5-12(8,10)11/h6H,3-5H2,1-2H3. The minimum atomic E-state index is -3.19. The van der Waals surface area contributed by atoms with E-state index in [1.165, 1.54) is 0 Å². The second-order valence-electron chi connectivity index (χ2n) is 3.04. The lowest BCUT2D eigenvalue weighted by Gasteiger charge is -2.32. The molecule has 4 nitrogen and oxygen atoms in total. The van der Waals surface area contributed by atoms with E-state index in [1.807, 2.05) is 6.92 Å². The van der Waals surface area contributed by atoms with Crippen molar-refractivity contribution in [1.29, 1.82) is 0 Å². The molecule has 0 spiro atoms. The Morgan fingerprint density at radius 1 is 1.58 bits per heavy atom. The van der Waals surface area contributed by atoms with Crippen molar-refractivity contribution in [1.82, 2.24) is 4.31 Å². The van der Waals surface area contributed by atoms with Gasteiger partial charge in [-0.1, -0.05) is 13.8 Å². The van der Waals surface area contributed by atoms with Crippen molar-refractivity contribution in [2.24, 2.45) is 5.92 Å². The molecule has 0 aliphatic carbocycles. The summed E-state index contributed by atoms with van der Waals surface area (Å²) in [6.07, 6.45) is 0.685. The van der Waals surface area contributed by atoms with Crippen LogP contribution in [0.15, 0.2) is 0 Å². The molecule has 12 heavy (non-hydrogen) atoms. The molecule has 1 unspecified atom stereocenters. The SMILES string of the molecule is CCC(C)C(=O)N1CCS1(=O)=O. The maximum absolute atomic E-state index is 11.3. The van der Waals surface area contributed by atoms with E-state index in [-0.39, 0.29) is 17.6 Å². The number of carbonyl (C=O) groups is 1. The molecule has 0 aromatic carbocycles. The van der Waals surface area contributed by atoms with Crippen molar-refractivity contribution >= 4 is 15.9 Å². The largest absolute Gasteiger partial charge is 0.274 e. The van der Waals surface area contributed by atoms with E-state index in [2.05, 4.69) is 0 Å². The summed E-state index contributed by atoms with van der Waals surface area (Å²) >= 11 is 0. The highest BCUT2D eigenvalue weighted by Crippen LogP contribution is 2.17. The summed E-state index contributed by atoms with van der Waals surface area (Å²) in [6.45, 7) is 3.98. The van der Waals surface area contributed by atoms with Gasteiger partial charge in [-0.3, -0.25) is 4.79 Å². The molecule has 0 N–H and O–H groups in total. The molecule has 0 aromatic heterocycles. The smallest absolute Gasteiger partial charge is 0.239 e. The molecule has 5 heteroatoms. The lowest BCUT2D eigenvalue weighted by atomic mass is 10.1. The Kier molecular flexibility index (Phi) is 2.41. The molecule has 1 heterocycles. The van der Waals surface area contributed by atoms with Crippen LogP contribution >= 0.6 is 0 Å². The van der Waals surface area contributed by atoms with E-state index >= 15 is 0 Å². The first kappa shape index (κ1) is 9.51. The van der Waals surface area contributed by atoms with Gasteiger partial charge in [-0.2, -0.15) is 0 Å². The van der Waals surface area contributed by atoms with Crippen LogP contribution in [-0.2, 0) is 14.8 Å². The van der Waals surface area contributed by atoms with Crippen molar-refractivity contribution < 1.29 is 13.2 Å². The van der Waals surface area contributed by atoms with E-state index in [9.17, 15) is 13.2 Å². The summed E-state index contributed by atoms with van der Waals surface area (Å²) in [5.41, 5.74) is 0. The van der Waals surface area contributed by atoms with Crippen LogP contribution in [0.25, 0.3) is 0 Å². The molecule has 1 saturated heterocycles. The van der Waals surface area contributed by atoms with Crippen LogP contribution in [0.1, 0.15) is 20.3 Å². The minimum absolute atomic E-state index is 0.120. The van der Waals surface area contributed by atoms with Crippen LogP contribution in [0.4, 0.5) is 0 Å². The van der Waals surface area contributed by atoms with Gasteiger partial charge in [0.15, 0.2) is 0 Å². The third kappa shape index (κ3) is 1.46. The van der Waals surface area contributed by atoms with E-state index in [0.717, 1.165) is 4.31 Å². The first-order valence-corrected chi connectivity index (χ1v) is 5.64. The van der Waals surface area contributed by atoms with E-state index in [0.29, 0.717) is 13.0 Å². The number of carbonyl (C=O) groups excluding carboxylic acids is 1. The molecular formula is C7H13NO3S. The molecule has 1 aliphatic rings. The molecule has 70 valence electrons. The molecular weight excluding hydrogens is 178 g/mol. The maximum atomic E-state index is 11.3. The van der Waals surface area contributed by atoms with Crippen molar-refractivity contribution in [3.05, 3.63) is 0 Å². The third-order valence-corrected chi connectivity index (χ3v) is 3.90. The predicted octanol–water partition coefficient (Wildman–Crippen LogP) is 0.205. The Balaban J connectivity index is 2.67. The molecule has 0 radical (unpaired) electrons. The summed E-state index contributed by atoms with van der Waals surface area (Å²) in [5, 5.41) is 0. The van der Waals surface area contributed by atoms with Gasteiger partial charge < -0.3 is 0 Å². The number of nitrogens with zero attached hydrogens (tertiary/aromatic N) is 1. The molecule has 0 aromatic rings. The fourth-order valence-corrected chi connectivity index (χ4v) is 2.12. The van der Waals surface area contributed by atoms with Crippen molar-refractivity contribution in [2.75, 3.05) is 12.3 Å². The highest BCUT2D eigenvalue weighted by atomic mass is 32.2. The van der Waals surface area contributed by atoms with Crippen molar-refractivity contribution in [2.45, 2.75) is 20.3 Å². The van der Waals surface area contributed by atoms with Gasteiger partial charge in [-0.15, -0.1) is 0 Å². The van der Waals surface area contributed by atoms with Crippen LogP contribution in [0, 0.1) is 5.92 Å². The summed E-state index contributed by atoms with van der Waals surface area (Å²) in [4.78, 5) is 11.3.